The lowest BCUT2D eigenvalue weighted by Gasteiger charge is -2.31. The average Bonchev–Trinajstić information content (AvgIpc) is 2.27. The van der Waals surface area contributed by atoms with Gasteiger partial charge in [-0.15, -0.1) is 0 Å². The first kappa shape index (κ1) is 13.0. The molecule has 1 aromatic heterocycles. The minimum absolute atomic E-state index is 0.0701. The van der Waals surface area contributed by atoms with Gasteiger partial charge in [0, 0.05) is 25.1 Å². The Kier molecular flexibility index (Phi) is 3.91. The van der Waals surface area contributed by atoms with Crippen LogP contribution in [0.3, 0.4) is 0 Å². The summed E-state index contributed by atoms with van der Waals surface area (Å²) in [5.74, 6) is -1.19. The van der Waals surface area contributed by atoms with Crippen LogP contribution in [0.2, 0.25) is 0 Å². The third kappa shape index (κ3) is 3.26. The Labute approximate surface area is 105 Å². The van der Waals surface area contributed by atoms with E-state index in [1.165, 1.54) is 12.3 Å². The van der Waals surface area contributed by atoms with Gasteiger partial charge in [0.05, 0.1) is 17.8 Å². The second-order valence-corrected chi connectivity index (χ2v) is 4.62. The molecule has 1 saturated heterocycles. The van der Waals surface area contributed by atoms with Crippen molar-refractivity contribution in [3.05, 3.63) is 29.8 Å². The molecule has 1 fully saturated rings. The van der Waals surface area contributed by atoms with Crippen molar-refractivity contribution >= 4 is 5.97 Å². The van der Waals surface area contributed by atoms with E-state index in [0.29, 0.717) is 12.8 Å². The Morgan fingerprint density at radius 3 is 2.72 bits per heavy atom. The lowest BCUT2D eigenvalue weighted by Crippen LogP contribution is -2.35. The average molecular weight is 253 g/mol. The predicted molar refractivity (Wildman–Crippen MR) is 62.6 cm³/mol. The summed E-state index contributed by atoms with van der Waals surface area (Å²) < 4.78 is 23.8. The first-order valence-corrected chi connectivity index (χ1v) is 6.02. The highest BCUT2D eigenvalue weighted by molar-refractivity contribution is 5.89. The van der Waals surface area contributed by atoms with Crippen molar-refractivity contribution in [1.29, 1.82) is 0 Å². The Hall–Kier alpha value is -1.49. The van der Waals surface area contributed by atoms with Crippen molar-refractivity contribution in [1.82, 2.24) is 4.98 Å². The van der Waals surface area contributed by atoms with Crippen LogP contribution in [0, 0.1) is 5.95 Å². The molecule has 0 bridgehead atoms. The van der Waals surface area contributed by atoms with Crippen LogP contribution in [-0.2, 0) is 9.47 Å². The van der Waals surface area contributed by atoms with Crippen molar-refractivity contribution in [2.24, 2.45) is 0 Å². The van der Waals surface area contributed by atoms with Crippen LogP contribution in [0.25, 0.3) is 0 Å². The fourth-order valence-corrected chi connectivity index (χ4v) is 2.19. The maximum absolute atomic E-state index is 12.9. The van der Waals surface area contributed by atoms with E-state index in [0.717, 1.165) is 6.07 Å². The number of esters is 1. The SMILES string of the molecule is CC1CC(OC(=O)c2ccnc(F)c2)CC(C)O1. The zero-order valence-electron chi connectivity index (χ0n) is 10.4. The van der Waals surface area contributed by atoms with Gasteiger partial charge in [-0.3, -0.25) is 0 Å². The lowest BCUT2D eigenvalue weighted by molar-refractivity contribution is -0.0855. The van der Waals surface area contributed by atoms with E-state index in [2.05, 4.69) is 4.98 Å². The molecule has 1 aliphatic rings. The molecule has 4 nitrogen and oxygen atoms in total. The molecule has 5 heteroatoms. The van der Waals surface area contributed by atoms with Crippen molar-refractivity contribution in [3.8, 4) is 0 Å². The van der Waals surface area contributed by atoms with Gasteiger partial charge in [0.1, 0.15) is 6.10 Å². The maximum atomic E-state index is 12.9. The van der Waals surface area contributed by atoms with Crippen LogP contribution < -0.4 is 0 Å². The van der Waals surface area contributed by atoms with Gasteiger partial charge in [-0.2, -0.15) is 4.39 Å². The first-order chi connectivity index (χ1) is 8.54. The number of hydrogen-bond acceptors (Lipinski definition) is 4. The summed E-state index contributed by atoms with van der Waals surface area (Å²) in [4.78, 5) is 15.2. The van der Waals surface area contributed by atoms with Gasteiger partial charge in [-0.1, -0.05) is 0 Å². The summed E-state index contributed by atoms with van der Waals surface area (Å²) in [6.45, 7) is 3.89. The molecule has 98 valence electrons. The highest BCUT2D eigenvalue weighted by atomic mass is 19.1. The van der Waals surface area contributed by atoms with E-state index in [1.54, 1.807) is 0 Å². The molecule has 0 saturated carbocycles. The number of halogens is 1. The molecule has 0 spiro atoms. The van der Waals surface area contributed by atoms with Crippen LogP contribution >= 0.6 is 0 Å². The second kappa shape index (κ2) is 5.44. The Bertz CT molecular complexity index is 428. The topological polar surface area (TPSA) is 48.4 Å². The van der Waals surface area contributed by atoms with Crippen molar-refractivity contribution in [2.75, 3.05) is 0 Å². The van der Waals surface area contributed by atoms with Gasteiger partial charge >= 0.3 is 5.97 Å². The van der Waals surface area contributed by atoms with Crippen molar-refractivity contribution in [3.63, 3.8) is 0 Å². The molecule has 0 radical (unpaired) electrons. The molecular formula is C13H16FNO3. The molecule has 18 heavy (non-hydrogen) atoms. The number of rotatable bonds is 2. The smallest absolute Gasteiger partial charge is 0.338 e. The molecule has 0 amide bonds. The van der Waals surface area contributed by atoms with Gasteiger partial charge in [-0.25, -0.2) is 9.78 Å². The fourth-order valence-electron chi connectivity index (χ4n) is 2.19. The third-order valence-electron chi connectivity index (χ3n) is 2.89. The molecule has 0 N–H and O–H groups in total. The molecule has 2 heterocycles. The summed E-state index contributed by atoms with van der Waals surface area (Å²) in [7, 11) is 0. The Morgan fingerprint density at radius 2 is 2.11 bits per heavy atom. The zero-order chi connectivity index (χ0) is 13.1. The molecule has 2 unspecified atom stereocenters. The Morgan fingerprint density at radius 1 is 1.44 bits per heavy atom. The largest absolute Gasteiger partial charge is 0.459 e. The number of pyridine rings is 1. The van der Waals surface area contributed by atoms with E-state index in [-0.39, 0.29) is 23.9 Å². The Balaban J connectivity index is 1.99. The summed E-state index contributed by atoms with van der Waals surface area (Å²) in [6.07, 6.45) is 2.56. The molecular weight excluding hydrogens is 237 g/mol. The number of hydrogen-bond donors (Lipinski definition) is 0. The van der Waals surface area contributed by atoms with Crippen LogP contribution in [0.5, 0.6) is 0 Å². The highest BCUT2D eigenvalue weighted by Crippen LogP contribution is 2.22. The van der Waals surface area contributed by atoms with Crippen LogP contribution in [0.15, 0.2) is 18.3 Å². The highest BCUT2D eigenvalue weighted by Gasteiger charge is 2.27. The summed E-state index contributed by atoms with van der Waals surface area (Å²) in [5.41, 5.74) is 0.189. The molecule has 2 rings (SSSR count). The van der Waals surface area contributed by atoms with E-state index in [9.17, 15) is 9.18 Å². The number of aromatic nitrogens is 1. The second-order valence-electron chi connectivity index (χ2n) is 4.62. The minimum atomic E-state index is -0.682. The van der Waals surface area contributed by atoms with Gasteiger partial charge in [0.2, 0.25) is 5.95 Å². The van der Waals surface area contributed by atoms with Gasteiger partial charge < -0.3 is 9.47 Å². The number of ether oxygens (including phenoxy) is 2. The van der Waals surface area contributed by atoms with E-state index < -0.39 is 11.9 Å². The maximum Gasteiger partial charge on any atom is 0.338 e. The van der Waals surface area contributed by atoms with E-state index >= 15 is 0 Å². The minimum Gasteiger partial charge on any atom is -0.459 e. The third-order valence-corrected chi connectivity index (χ3v) is 2.89. The molecule has 2 atom stereocenters. The number of nitrogens with zero attached hydrogens (tertiary/aromatic N) is 1. The summed E-state index contributed by atoms with van der Waals surface area (Å²) in [5, 5.41) is 0. The number of carbonyl (C=O) groups is 1. The molecule has 1 aromatic rings. The zero-order valence-corrected chi connectivity index (χ0v) is 10.4. The number of carbonyl (C=O) groups excluding carboxylic acids is 1. The molecule has 0 aromatic carbocycles. The van der Waals surface area contributed by atoms with Crippen LogP contribution in [0.4, 0.5) is 4.39 Å². The predicted octanol–water partition coefficient (Wildman–Crippen LogP) is 2.33. The van der Waals surface area contributed by atoms with Gasteiger partial charge in [0.25, 0.3) is 0 Å². The van der Waals surface area contributed by atoms with Crippen LogP contribution in [-0.4, -0.2) is 29.3 Å². The van der Waals surface area contributed by atoms with E-state index in [4.69, 9.17) is 9.47 Å². The monoisotopic (exact) mass is 253 g/mol. The molecule has 1 aliphatic heterocycles. The molecule has 0 aliphatic carbocycles. The van der Waals surface area contributed by atoms with E-state index in [1.807, 2.05) is 13.8 Å². The van der Waals surface area contributed by atoms with Crippen molar-refractivity contribution < 1.29 is 18.7 Å². The van der Waals surface area contributed by atoms with Gasteiger partial charge in [-0.05, 0) is 19.9 Å². The fraction of sp³-hybridized carbons (Fsp3) is 0.538. The standard InChI is InChI=1S/C13H16FNO3/c1-8-5-11(6-9(2)17-8)18-13(16)10-3-4-15-12(14)7-10/h3-4,7-9,11H,5-6H2,1-2H3. The van der Waals surface area contributed by atoms with Gasteiger partial charge in [0.15, 0.2) is 0 Å². The van der Waals surface area contributed by atoms with Crippen LogP contribution in [0.1, 0.15) is 37.0 Å². The first-order valence-electron chi connectivity index (χ1n) is 6.02. The normalized spacial score (nSPS) is 27.8. The quantitative estimate of drug-likeness (QED) is 0.599. The summed E-state index contributed by atoms with van der Waals surface area (Å²) in [6, 6.07) is 2.52. The van der Waals surface area contributed by atoms with Crippen molar-refractivity contribution in [2.45, 2.75) is 45.0 Å². The lowest BCUT2D eigenvalue weighted by atomic mass is 10.0. The summed E-state index contributed by atoms with van der Waals surface area (Å²) >= 11 is 0.